The highest BCUT2D eigenvalue weighted by Gasteiger charge is 2.37. The predicted octanol–water partition coefficient (Wildman–Crippen LogP) is 4.03. The first kappa shape index (κ1) is 12.9. The molecule has 1 saturated carbocycles. The van der Waals surface area contributed by atoms with Crippen LogP contribution >= 0.6 is 0 Å². The molecule has 0 amide bonds. The monoisotopic (exact) mass is 281 g/mol. The van der Waals surface area contributed by atoms with Crippen molar-refractivity contribution in [3.63, 3.8) is 0 Å². The number of hydrogen-bond donors (Lipinski definition) is 1. The van der Waals surface area contributed by atoms with E-state index < -0.39 is 0 Å². The fourth-order valence-electron chi connectivity index (χ4n) is 3.64. The maximum Gasteiger partial charge on any atom is 0.125 e. The smallest absolute Gasteiger partial charge is 0.125 e. The van der Waals surface area contributed by atoms with Crippen molar-refractivity contribution in [1.82, 2.24) is 9.78 Å². The fraction of sp³-hybridized carbons (Fsp3) is 0.500. The van der Waals surface area contributed by atoms with Crippen molar-refractivity contribution in [3.8, 4) is 0 Å². The SMILES string of the molecule is Cc1ccc(C2CCNc3cc(C4CC4C)nn32)c(C)c1. The van der Waals surface area contributed by atoms with E-state index in [0.717, 1.165) is 18.9 Å². The van der Waals surface area contributed by atoms with E-state index in [0.29, 0.717) is 12.0 Å². The summed E-state index contributed by atoms with van der Waals surface area (Å²) in [4.78, 5) is 0. The largest absolute Gasteiger partial charge is 0.370 e. The lowest BCUT2D eigenvalue weighted by Gasteiger charge is -2.27. The molecule has 2 aliphatic rings. The number of anilines is 1. The van der Waals surface area contributed by atoms with Gasteiger partial charge in [-0.3, -0.25) is 0 Å². The van der Waals surface area contributed by atoms with Gasteiger partial charge in [0.05, 0.1) is 11.7 Å². The topological polar surface area (TPSA) is 29.9 Å². The summed E-state index contributed by atoms with van der Waals surface area (Å²) < 4.78 is 2.22. The van der Waals surface area contributed by atoms with Gasteiger partial charge in [0.1, 0.15) is 5.82 Å². The second-order valence-corrected chi connectivity index (χ2v) is 6.81. The molecule has 2 aromatic rings. The Morgan fingerprint density at radius 2 is 2.05 bits per heavy atom. The normalized spacial score (nSPS) is 27.1. The van der Waals surface area contributed by atoms with Gasteiger partial charge in [0.2, 0.25) is 0 Å². The molecule has 4 rings (SSSR count). The molecule has 21 heavy (non-hydrogen) atoms. The quantitative estimate of drug-likeness (QED) is 0.900. The van der Waals surface area contributed by atoms with Crippen molar-refractivity contribution in [3.05, 3.63) is 46.6 Å². The summed E-state index contributed by atoms with van der Waals surface area (Å²) in [6, 6.07) is 9.43. The van der Waals surface area contributed by atoms with Crippen molar-refractivity contribution in [2.45, 2.75) is 45.6 Å². The second-order valence-electron chi connectivity index (χ2n) is 6.81. The molecule has 0 saturated heterocycles. The molecule has 1 N–H and O–H groups in total. The highest BCUT2D eigenvalue weighted by Crippen LogP contribution is 2.47. The van der Waals surface area contributed by atoms with Crippen LogP contribution in [0.3, 0.4) is 0 Å². The summed E-state index contributed by atoms with van der Waals surface area (Å²) >= 11 is 0. The molecule has 110 valence electrons. The van der Waals surface area contributed by atoms with E-state index in [1.807, 2.05) is 0 Å². The van der Waals surface area contributed by atoms with Crippen molar-refractivity contribution < 1.29 is 0 Å². The third kappa shape index (κ3) is 2.15. The van der Waals surface area contributed by atoms with E-state index in [-0.39, 0.29) is 0 Å². The van der Waals surface area contributed by atoms with E-state index in [2.05, 4.69) is 55.0 Å². The Hall–Kier alpha value is -1.77. The number of fused-ring (bicyclic) bond motifs is 1. The Kier molecular flexibility index (Phi) is 2.84. The van der Waals surface area contributed by atoms with Crippen LogP contribution in [0.1, 0.15) is 54.1 Å². The van der Waals surface area contributed by atoms with Gasteiger partial charge in [-0.15, -0.1) is 0 Å². The highest BCUT2D eigenvalue weighted by molar-refractivity contribution is 5.44. The number of aryl methyl sites for hydroxylation is 2. The van der Waals surface area contributed by atoms with Gasteiger partial charge in [-0.25, -0.2) is 4.68 Å². The number of benzene rings is 1. The van der Waals surface area contributed by atoms with Crippen molar-refractivity contribution in [1.29, 1.82) is 0 Å². The summed E-state index contributed by atoms with van der Waals surface area (Å²) in [5.41, 5.74) is 5.41. The van der Waals surface area contributed by atoms with Crippen LogP contribution in [0.15, 0.2) is 24.3 Å². The van der Waals surface area contributed by atoms with Gasteiger partial charge in [0, 0.05) is 18.5 Å². The molecule has 3 unspecified atom stereocenters. The average Bonchev–Trinajstić information content (AvgIpc) is 3.02. The minimum absolute atomic E-state index is 0.379. The first-order chi connectivity index (χ1) is 10.1. The first-order valence-corrected chi connectivity index (χ1v) is 8.04. The Bertz CT molecular complexity index is 686. The van der Waals surface area contributed by atoms with E-state index in [1.54, 1.807) is 0 Å². The van der Waals surface area contributed by atoms with Gasteiger partial charge < -0.3 is 5.32 Å². The molecule has 1 aromatic heterocycles. The highest BCUT2D eigenvalue weighted by atomic mass is 15.4. The van der Waals surface area contributed by atoms with Crippen LogP contribution in [0.4, 0.5) is 5.82 Å². The minimum Gasteiger partial charge on any atom is -0.370 e. The van der Waals surface area contributed by atoms with Gasteiger partial charge in [-0.05, 0) is 43.7 Å². The van der Waals surface area contributed by atoms with Crippen LogP contribution in [0.2, 0.25) is 0 Å². The maximum atomic E-state index is 4.94. The molecule has 0 radical (unpaired) electrons. The number of rotatable bonds is 2. The molecule has 1 aromatic carbocycles. The third-order valence-electron chi connectivity index (χ3n) is 5.05. The summed E-state index contributed by atoms with van der Waals surface area (Å²) in [7, 11) is 0. The zero-order chi connectivity index (χ0) is 14.6. The van der Waals surface area contributed by atoms with Crippen molar-refractivity contribution >= 4 is 5.82 Å². The molecule has 3 nitrogen and oxygen atoms in total. The lowest BCUT2D eigenvalue weighted by Crippen LogP contribution is -2.24. The van der Waals surface area contributed by atoms with Crippen LogP contribution in [0.5, 0.6) is 0 Å². The minimum atomic E-state index is 0.379. The molecule has 3 atom stereocenters. The maximum absolute atomic E-state index is 4.94. The van der Waals surface area contributed by atoms with Gasteiger partial charge in [0.15, 0.2) is 0 Å². The Balaban J connectivity index is 1.74. The predicted molar refractivity (Wildman–Crippen MR) is 85.9 cm³/mol. The fourth-order valence-corrected chi connectivity index (χ4v) is 3.64. The average molecular weight is 281 g/mol. The molecule has 1 aliphatic heterocycles. The number of nitrogens with zero attached hydrogens (tertiary/aromatic N) is 2. The lowest BCUT2D eigenvalue weighted by atomic mass is 9.96. The first-order valence-electron chi connectivity index (χ1n) is 8.04. The third-order valence-corrected chi connectivity index (χ3v) is 5.05. The molecule has 1 aliphatic carbocycles. The number of hydrogen-bond acceptors (Lipinski definition) is 2. The molecule has 1 fully saturated rings. The van der Waals surface area contributed by atoms with Crippen LogP contribution in [0.25, 0.3) is 0 Å². The molecule has 0 spiro atoms. The molecule has 3 heteroatoms. The number of nitrogens with one attached hydrogen (secondary N) is 1. The second kappa shape index (κ2) is 4.62. The van der Waals surface area contributed by atoms with Gasteiger partial charge in [-0.2, -0.15) is 5.10 Å². The van der Waals surface area contributed by atoms with E-state index in [4.69, 9.17) is 5.10 Å². The van der Waals surface area contributed by atoms with Crippen LogP contribution < -0.4 is 5.32 Å². The summed E-state index contributed by atoms with van der Waals surface area (Å²) in [6.45, 7) is 7.73. The van der Waals surface area contributed by atoms with Crippen LogP contribution in [-0.4, -0.2) is 16.3 Å². The van der Waals surface area contributed by atoms with Crippen LogP contribution in [0, 0.1) is 19.8 Å². The number of aromatic nitrogens is 2. The zero-order valence-electron chi connectivity index (χ0n) is 13.1. The lowest BCUT2D eigenvalue weighted by molar-refractivity contribution is 0.476. The molecular formula is C18H23N3. The van der Waals surface area contributed by atoms with Crippen molar-refractivity contribution in [2.75, 3.05) is 11.9 Å². The van der Waals surface area contributed by atoms with Crippen LogP contribution in [-0.2, 0) is 0 Å². The van der Waals surface area contributed by atoms with E-state index in [1.165, 1.54) is 34.6 Å². The van der Waals surface area contributed by atoms with Crippen molar-refractivity contribution in [2.24, 2.45) is 5.92 Å². The standard InChI is InChI=1S/C18H23N3/c1-11-4-5-14(12(2)8-11)17-6-7-19-18-10-16(20-21(17)18)15-9-13(15)3/h4-5,8,10,13,15,17,19H,6-7,9H2,1-3H3. The summed E-state index contributed by atoms with van der Waals surface area (Å²) in [5.74, 6) is 2.69. The Morgan fingerprint density at radius 1 is 1.24 bits per heavy atom. The molecule has 2 heterocycles. The van der Waals surface area contributed by atoms with Gasteiger partial charge in [-0.1, -0.05) is 30.7 Å². The Morgan fingerprint density at radius 3 is 2.76 bits per heavy atom. The van der Waals surface area contributed by atoms with E-state index >= 15 is 0 Å². The van der Waals surface area contributed by atoms with Gasteiger partial charge >= 0.3 is 0 Å². The van der Waals surface area contributed by atoms with Gasteiger partial charge in [0.25, 0.3) is 0 Å². The molecule has 0 bridgehead atoms. The zero-order valence-corrected chi connectivity index (χ0v) is 13.1. The summed E-state index contributed by atoms with van der Waals surface area (Å²) in [5, 5.41) is 8.45. The molecular weight excluding hydrogens is 258 g/mol. The Labute approximate surface area is 126 Å². The summed E-state index contributed by atoms with van der Waals surface area (Å²) in [6.07, 6.45) is 2.41. The van der Waals surface area contributed by atoms with E-state index in [9.17, 15) is 0 Å².